The van der Waals surface area contributed by atoms with Gasteiger partial charge in [-0.15, -0.1) is 0 Å². The summed E-state index contributed by atoms with van der Waals surface area (Å²) < 4.78 is 0. The van der Waals surface area contributed by atoms with Crippen LogP contribution in [0.2, 0.25) is 0 Å². The Labute approximate surface area is 107 Å². The van der Waals surface area contributed by atoms with Crippen LogP contribution in [0.5, 0.6) is 0 Å². The van der Waals surface area contributed by atoms with Gasteiger partial charge in [0.05, 0.1) is 4.92 Å². The number of aromatic nitrogens is 1. The molecule has 2 N–H and O–H groups in total. The Bertz CT molecular complexity index is 432. The number of rotatable bonds is 5. The van der Waals surface area contributed by atoms with Crippen molar-refractivity contribution in [2.24, 2.45) is 5.92 Å². The summed E-state index contributed by atoms with van der Waals surface area (Å²) >= 11 is 0. The van der Waals surface area contributed by atoms with E-state index in [4.69, 9.17) is 5.73 Å². The van der Waals surface area contributed by atoms with Crippen LogP contribution in [0, 0.1) is 16.0 Å². The minimum Gasteiger partial charge on any atom is -0.378 e. The Hall–Kier alpha value is -1.85. The molecule has 0 fully saturated rings. The first-order valence-electron chi connectivity index (χ1n) is 6.00. The largest absolute Gasteiger partial charge is 0.378 e. The van der Waals surface area contributed by atoms with Gasteiger partial charge in [0.15, 0.2) is 0 Å². The molecule has 1 aromatic rings. The first-order valence-corrected chi connectivity index (χ1v) is 6.00. The molecule has 1 rings (SSSR count). The Morgan fingerprint density at radius 2 is 2.00 bits per heavy atom. The summed E-state index contributed by atoms with van der Waals surface area (Å²) in [6.45, 7) is 9.18. The number of nitrogen functional groups attached to an aromatic ring is 1. The van der Waals surface area contributed by atoms with E-state index in [-0.39, 0.29) is 17.5 Å². The predicted molar refractivity (Wildman–Crippen MR) is 72.6 cm³/mol. The molecule has 0 amide bonds. The molecule has 0 aliphatic heterocycles. The van der Waals surface area contributed by atoms with Gasteiger partial charge in [0.25, 0.3) is 0 Å². The van der Waals surface area contributed by atoms with Crippen LogP contribution >= 0.6 is 0 Å². The molecular weight excluding hydrogens is 232 g/mol. The molecule has 0 saturated carbocycles. The fraction of sp³-hybridized carbons (Fsp3) is 0.583. The molecular formula is C12H20N4O2. The van der Waals surface area contributed by atoms with Gasteiger partial charge in [-0.3, -0.25) is 10.1 Å². The van der Waals surface area contributed by atoms with E-state index >= 15 is 0 Å². The SMILES string of the molecule is CC(C)CN(c1ccc([N+](=O)[O-])c(N)n1)C(C)C. The van der Waals surface area contributed by atoms with Crippen LogP contribution in [0.15, 0.2) is 12.1 Å². The average molecular weight is 252 g/mol. The molecule has 0 aliphatic carbocycles. The summed E-state index contributed by atoms with van der Waals surface area (Å²) in [6, 6.07) is 3.32. The van der Waals surface area contributed by atoms with E-state index in [0.717, 1.165) is 6.54 Å². The lowest BCUT2D eigenvalue weighted by Crippen LogP contribution is -2.34. The summed E-state index contributed by atoms with van der Waals surface area (Å²) in [5.41, 5.74) is 5.47. The quantitative estimate of drug-likeness (QED) is 0.642. The Kier molecular flexibility index (Phi) is 4.47. The minimum atomic E-state index is -0.520. The molecule has 100 valence electrons. The Morgan fingerprint density at radius 1 is 1.39 bits per heavy atom. The van der Waals surface area contributed by atoms with E-state index in [9.17, 15) is 10.1 Å². The zero-order valence-corrected chi connectivity index (χ0v) is 11.3. The van der Waals surface area contributed by atoms with Crippen molar-refractivity contribution in [3.8, 4) is 0 Å². The number of anilines is 2. The van der Waals surface area contributed by atoms with E-state index in [1.54, 1.807) is 6.07 Å². The second-order valence-corrected chi connectivity index (χ2v) is 4.97. The van der Waals surface area contributed by atoms with Crippen molar-refractivity contribution in [2.75, 3.05) is 17.2 Å². The minimum absolute atomic E-state index is 0.0353. The molecule has 0 bridgehead atoms. The number of nitrogens with zero attached hydrogens (tertiary/aromatic N) is 3. The second kappa shape index (κ2) is 5.66. The summed E-state index contributed by atoms with van der Waals surface area (Å²) in [4.78, 5) is 16.4. The van der Waals surface area contributed by atoms with E-state index in [2.05, 4.69) is 37.6 Å². The summed E-state index contributed by atoms with van der Waals surface area (Å²) in [7, 11) is 0. The van der Waals surface area contributed by atoms with Crippen LogP contribution in [0.4, 0.5) is 17.3 Å². The van der Waals surface area contributed by atoms with Gasteiger partial charge >= 0.3 is 5.69 Å². The maximum absolute atomic E-state index is 10.7. The molecule has 18 heavy (non-hydrogen) atoms. The van der Waals surface area contributed by atoms with Gasteiger partial charge in [0, 0.05) is 18.7 Å². The molecule has 6 nitrogen and oxygen atoms in total. The lowest BCUT2D eigenvalue weighted by Gasteiger charge is -2.29. The van der Waals surface area contributed by atoms with Crippen molar-refractivity contribution < 1.29 is 4.92 Å². The van der Waals surface area contributed by atoms with E-state index in [1.807, 2.05) is 0 Å². The van der Waals surface area contributed by atoms with Gasteiger partial charge in [-0.05, 0) is 25.8 Å². The first kappa shape index (κ1) is 14.2. The Balaban J connectivity index is 3.07. The van der Waals surface area contributed by atoms with Crippen molar-refractivity contribution in [2.45, 2.75) is 33.7 Å². The van der Waals surface area contributed by atoms with Gasteiger partial charge in [0.1, 0.15) is 5.82 Å². The van der Waals surface area contributed by atoms with Crippen LogP contribution in [-0.4, -0.2) is 22.5 Å². The molecule has 0 unspecified atom stereocenters. The molecule has 0 radical (unpaired) electrons. The van der Waals surface area contributed by atoms with Gasteiger partial charge in [-0.1, -0.05) is 13.8 Å². The van der Waals surface area contributed by atoms with Crippen molar-refractivity contribution in [3.63, 3.8) is 0 Å². The average Bonchev–Trinajstić information content (AvgIpc) is 2.24. The zero-order valence-electron chi connectivity index (χ0n) is 11.3. The standard InChI is InChI=1S/C12H20N4O2/c1-8(2)7-15(9(3)4)11-6-5-10(16(17)18)12(13)14-11/h5-6,8-9H,7H2,1-4H3,(H2,13,14). The maximum Gasteiger partial charge on any atom is 0.311 e. The first-order chi connectivity index (χ1) is 8.32. The van der Waals surface area contributed by atoms with Crippen LogP contribution in [0.25, 0.3) is 0 Å². The molecule has 6 heteroatoms. The lowest BCUT2D eigenvalue weighted by molar-refractivity contribution is -0.384. The number of pyridine rings is 1. The molecule has 0 aliphatic rings. The maximum atomic E-state index is 10.7. The summed E-state index contributed by atoms with van der Waals surface area (Å²) in [5.74, 6) is 1.12. The predicted octanol–water partition coefficient (Wildman–Crippen LogP) is 2.44. The van der Waals surface area contributed by atoms with E-state index in [1.165, 1.54) is 6.07 Å². The molecule has 0 atom stereocenters. The van der Waals surface area contributed by atoms with Gasteiger partial charge < -0.3 is 10.6 Å². The zero-order chi connectivity index (χ0) is 13.9. The number of nitro groups is 1. The fourth-order valence-corrected chi connectivity index (χ4v) is 1.73. The van der Waals surface area contributed by atoms with Crippen LogP contribution < -0.4 is 10.6 Å². The number of hydrogen-bond donors (Lipinski definition) is 1. The molecule has 1 heterocycles. The van der Waals surface area contributed by atoms with Gasteiger partial charge in [-0.25, -0.2) is 4.98 Å². The molecule has 0 aromatic carbocycles. The van der Waals surface area contributed by atoms with Crippen molar-refractivity contribution in [3.05, 3.63) is 22.2 Å². The van der Waals surface area contributed by atoms with Crippen molar-refractivity contribution >= 4 is 17.3 Å². The van der Waals surface area contributed by atoms with Crippen molar-refractivity contribution in [1.82, 2.24) is 4.98 Å². The topological polar surface area (TPSA) is 85.3 Å². The third-order valence-corrected chi connectivity index (χ3v) is 2.56. The van der Waals surface area contributed by atoms with E-state index in [0.29, 0.717) is 11.7 Å². The third kappa shape index (κ3) is 3.32. The summed E-state index contributed by atoms with van der Waals surface area (Å²) in [5, 5.41) is 10.7. The smallest absolute Gasteiger partial charge is 0.311 e. The molecule has 0 spiro atoms. The van der Waals surface area contributed by atoms with Crippen LogP contribution in [0.1, 0.15) is 27.7 Å². The van der Waals surface area contributed by atoms with Crippen LogP contribution in [0.3, 0.4) is 0 Å². The van der Waals surface area contributed by atoms with E-state index < -0.39 is 4.92 Å². The van der Waals surface area contributed by atoms with Crippen molar-refractivity contribution in [1.29, 1.82) is 0 Å². The number of hydrogen-bond acceptors (Lipinski definition) is 5. The highest BCUT2D eigenvalue weighted by Gasteiger charge is 2.18. The third-order valence-electron chi connectivity index (χ3n) is 2.56. The lowest BCUT2D eigenvalue weighted by atomic mass is 10.1. The van der Waals surface area contributed by atoms with Crippen LogP contribution in [-0.2, 0) is 0 Å². The molecule has 0 saturated heterocycles. The highest BCUT2D eigenvalue weighted by Crippen LogP contribution is 2.24. The normalized spacial score (nSPS) is 11.0. The highest BCUT2D eigenvalue weighted by molar-refractivity contribution is 5.58. The van der Waals surface area contributed by atoms with Gasteiger partial charge in [-0.2, -0.15) is 0 Å². The van der Waals surface area contributed by atoms with Gasteiger partial charge in [0.2, 0.25) is 5.82 Å². The monoisotopic (exact) mass is 252 g/mol. The number of nitrogens with two attached hydrogens (primary N) is 1. The highest BCUT2D eigenvalue weighted by atomic mass is 16.6. The Morgan fingerprint density at radius 3 is 2.39 bits per heavy atom. The molecule has 1 aromatic heterocycles. The fourth-order valence-electron chi connectivity index (χ4n) is 1.73. The second-order valence-electron chi connectivity index (χ2n) is 4.97. The summed E-state index contributed by atoms with van der Waals surface area (Å²) in [6.07, 6.45) is 0.